The van der Waals surface area contributed by atoms with Crippen LogP contribution in [0.2, 0.25) is 0 Å². The van der Waals surface area contributed by atoms with Crippen molar-refractivity contribution in [2.24, 2.45) is 0 Å². The van der Waals surface area contributed by atoms with Crippen LogP contribution >= 0.6 is 0 Å². The topological polar surface area (TPSA) is 42.2 Å². The summed E-state index contributed by atoms with van der Waals surface area (Å²) in [6.07, 6.45) is 6.87. The van der Waals surface area contributed by atoms with Crippen molar-refractivity contribution in [1.82, 2.24) is 19.7 Å². The van der Waals surface area contributed by atoms with Gasteiger partial charge < -0.3 is 9.72 Å². The van der Waals surface area contributed by atoms with Crippen LogP contribution in [-0.4, -0.2) is 27.5 Å². The molecule has 1 aliphatic rings. The first-order valence-electron chi connectivity index (χ1n) is 5.35. The molecule has 3 rings (SSSR count). The molecule has 1 aliphatic heterocycles. The van der Waals surface area contributed by atoms with Crippen LogP contribution in [0.3, 0.4) is 0 Å². The number of aryl methyl sites for hydroxylation is 1. The Morgan fingerprint density at radius 1 is 1.53 bits per heavy atom. The van der Waals surface area contributed by atoms with Crippen LogP contribution in [0.15, 0.2) is 18.6 Å². The summed E-state index contributed by atoms with van der Waals surface area (Å²) in [6.45, 7) is 4.18. The van der Waals surface area contributed by atoms with Crippen LogP contribution in [0.1, 0.15) is 23.9 Å². The van der Waals surface area contributed by atoms with Crippen LogP contribution in [0.25, 0.3) is 5.52 Å². The van der Waals surface area contributed by atoms with E-state index in [-0.39, 0.29) is 0 Å². The van der Waals surface area contributed by atoms with Gasteiger partial charge in [-0.05, 0) is 19.9 Å². The summed E-state index contributed by atoms with van der Waals surface area (Å²) in [7, 11) is 0. The van der Waals surface area contributed by atoms with Crippen molar-refractivity contribution in [2.45, 2.75) is 19.3 Å². The van der Waals surface area contributed by atoms with Gasteiger partial charge in [-0.15, -0.1) is 0 Å². The standard InChI is InChI=1S/C11H14N4/c1-8-14-11(9-2-3-12-6-9)10-7-13-4-5-15(8)10/h4-5,7,9,12H,2-3,6H2,1H3. The van der Waals surface area contributed by atoms with Crippen LogP contribution in [0.5, 0.6) is 0 Å². The Morgan fingerprint density at radius 2 is 2.47 bits per heavy atom. The minimum atomic E-state index is 0.554. The monoisotopic (exact) mass is 202 g/mol. The molecule has 2 aromatic heterocycles. The summed E-state index contributed by atoms with van der Waals surface area (Å²) in [5.74, 6) is 1.60. The molecule has 0 amide bonds. The summed E-state index contributed by atoms with van der Waals surface area (Å²) in [5.41, 5.74) is 2.36. The molecule has 1 N–H and O–H groups in total. The van der Waals surface area contributed by atoms with E-state index in [1.165, 1.54) is 12.1 Å². The number of hydrogen-bond donors (Lipinski definition) is 1. The third kappa shape index (κ3) is 1.33. The number of fused-ring (bicyclic) bond motifs is 1. The molecule has 1 unspecified atom stereocenters. The van der Waals surface area contributed by atoms with E-state index in [2.05, 4.69) is 19.7 Å². The highest BCUT2D eigenvalue weighted by Crippen LogP contribution is 2.25. The van der Waals surface area contributed by atoms with E-state index in [4.69, 9.17) is 0 Å². The fourth-order valence-electron chi connectivity index (χ4n) is 2.31. The zero-order valence-electron chi connectivity index (χ0n) is 8.77. The maximum absolute atomic E-state index is 4.65. The maximum atomic E-state index is 4.65. The number of aromatic nitrogens is 3. The smallest absolute Gasteiger partial charge is 0.110 e. The van der Waals surface area contributed by atoms with E-state index in [1.807, 2.05) is 19.3 Å². The summed E-state index contributed by atoms with van der Waals surface area (Å²) < 4.78 is 2.11. The Bertz CT molecular complexity index is 482. The van der Waals surface area contributed by atoms with E-state index in [1.54, 1.807) is 6.20 Å². The minimum Gasteiger partial charge on any atom is -0.316 e. The number of hydrogen-bond acceptors (Lipinski definition) is 3. The van der Waals surface area contributed by atoms with E-state index < -0.39 is 0 Å². The van der Waals surface area contributed by atoms with Crippen molar-refractivity contribution in [1.29, 1.82) is 0 Å². The molecule has 1 saturated heterocycles. The molecular formula is C11H14N4. The molecule has 0 aliphatic carbocycles. The quantitative estimate of drug-likeness (QED) is 0.753. The van der Waals surface area contributed by atoms with Gasteiger partial charge in [0, 0.05) is 24.9 Å². The molecule has 4 nitrogen and oxygen atoms in total. The minimum absolute atomic E-state index is 0.554. The second kappa shape index (κ2) is 3.31. The van der Waals surface area contributed by atoms with Gasteiger partial charge in [-0.3, -0.25) is 4.98 Å². The molecule has 1 fully saturated rings. The Labute approximate surface area is 88.4 Å². The highest BCUT2D eigenvalue weighted by Gasteiger charge is 2.22. The molecule has 3 heterocycles. The van der Waals surface area contributed by atoms with Crippen LogP contribution in [0, 0.1) is 6.92 Å². The largest absolute Gasteiger partial charge is 0.316 e. The highest BCUT2D eigenvalue weighted by molar-refractivity contribution is 5.53. The van der Waals surface area contributed by atoms with Gasteiger partial charge in [0.2, 0.25) is 0 Å². The summed E-state index contributed by atoms with van der Waals surface area (Å²) in [5, 5.41) is 3.38. The third-order valence-corrected chi connectivity index (χ3v) is 3.10. The van der Waals surface area contributed by atoms with Gasteiger partial charge in [-0.25, -0.2) is 4.98 Å². The molecule has 1 atom stereocenters. The Hall–Kier alpha value is -1.42. The molecule has 0 saturated carbocycles. The Morgan fingerprint density at radius 3 is 3.27 bits per heavy atom. The molecule has 4 heteroatoms. The number of nitrogens with one attached hydrogen (secondary N) is 1. The molecule has 78 valence electrons. The highest BCUT2D eigenvalue weighted by atomic mass is 15.0. The predicted octanol–water partition coefficient (Wildman–Crippen LogP) is 1.11. The predicted molar refractivity (Wildman–Crippen MR) is 58.0 cm³/mol. The molecular weight excluding hydrogens is 188 g/mol. The SMILES string of the molecule is Cc1nc(C2CCNC2)c2cnccn12. The van der Waals surface area contributed by atoms with Gasteiger partial charge in [-0.2, -0.15) is 0 Å². The molecule has 15 heavy (non-hydrogen) atoms. The second-order valence-electron chi connectivity index (χ2n) is 4.07. The van der Waals surface area contributed by atoms with Gasteiger partial charge in [0.15, 0.2) is 0 Å². The van der Waals surface area contributed by atoms with Crippen molar-refractivity contribution < 1.29 is 0 Å². The lowest BCUT2D eigenvalue weighted by atomic mass is 10.0. The third-order valence-electron chi connectivity index (χ3n) is 3.10. The average molecular weight is 202 g/mol. The first-order chi connectivity index (χ1) is 7.36. The lowest BCUT2D eigenvalue weighted by Crippen LogP contribution is -2.08. The van der Waals surface area contributed by atoms with Crippen molar-refractivity contribution in [2.75, 3.05) is 13.1 Å². The number of rotatable bonds is 1. The summed E-state index contributed by atoms with van der Waals surface area (Å²) in [6, 6.07) is 0. The molecule has 0 spiro atoms. The van der Waals surface area contributed by atoms with E-state index in [9.17, 15) is 0 Å². The molecule has 0 bridgehead atoms. The van der Waals surface area contributed by atoms with E-state index in [0.717, 1.165) is 24.4 Å². The van der Waals surface area contributed by atoms with Gasteiger partial charge in [0.05, 0.1) is 17.4 Å². The fraction of sp³-hybridized carbons (Fsp3) is 0.455. The van der Waals surface area contributed by atoms with E-state index in [0.29, 0.717) is 5.92 Å². The first kappa shape index (κ1) is 8.85. The number of nitrogens with zero attached hydrogens (tertiary/aromatic N) is 3. The van der Waals surface area contributed by atoms with Crippen molar-refractivity contribution in [3.63, 3.8) is 0 Å². The van der Waals surface area contributed by atoms with Gasteiger partial charge in [0.1, 0.15) is 5.82 Å². The van der Waals surface area contributed by atoms with Crippen molar-refractivity contribution in [3.05, 3.63) is 30.1 Å². The van der Waals surface area contributed by atoms with E-state index >= 15 is 0 Å². The maximum Gasteiger partial charge on any atom is 0.110 e. The number of imidazole rings is 1. The zero-order valence-corrected chi connectivity index (χ0v) is 8.77. The second-order valence-corrected chi connectivity index (χ2v) is 4.07. The molecule has 0 aromatic carbocycles. The average Bonchev–Trinajstić information content (AvgIpc) is 2.87. The Balaban J connectivity index is 2.17. The lowest BCUT2D eigenvalue weighted by molar-refractivity contribution is 0.744. The van der Waals surface area contributed by atoms with Gasteiger partial charge >= 0.3 is 0 Å². The first-order valence-corrected chi connectivity index (χ1v) is 5.35. The summed E-state index contributed by atoms with van der Waals surface area (Å²) in [4.78, 5) is 8.83. The summed E-state index contributed by atoms with van der Waals surface area (Å²) >= 11 is 0. The Kier molecular flexibility index (Phi) is 1.95. The zero-order chi connectivity index (χ0) is 10.3. The lowest BCUT2D eigenvalue weighted by Gasteiger charge is -2.04. The molecule has 0 radical (unpaired) electrons. The van der Waals surface area contributed by atoms with Crippen molar-refractivity contribution in [3.8, 4) is 0 Å². The van der Waals surface area contributed by atoms with Crippen LogP contribution < -0.4 is 5.32 Å². The van der Waals surface area contributed by atoms with Crippen LogP contribution in [0.4, 0.5) is 0 Å². The molecule has 2 aromatic rings. The fourth-order valence-corrected chi connectivity index (χ4v) is 2.31. The van der Waals surface area contributed by atoms with Gasteiger partial charge in [-0.1, -0.05) is 0 Å². The van der Waals surface area contributed by atoms with Crippen LogP contribution in [-0.2, 0) is 0 Å². The normalized spacial score (nSPS) is 21.3. The van der Waals surface area contributed by atoms with Crippen molar-refractivity contribution >= 4 is 5.52 Å². The van der Waals surface area contributed by atoms with Gasteiger partial charge in [0.25, 0.3) is 0 Å².